The highest BCUT2D eigenvalue weighted by Gasteiger charge is 2.38. The molecule has 10 aromatic rings. The first-order valence-electron chi connectivity index (χ1n) is 21.4. The molecule has 0 aliphatic heterocycles. The molecule has 0 fully saturated rings. The summed E-state index contributed by atoms with van der Waals surface area (Å²) in [6, 6.07) is 72.4. The number of benzene rings is 9. The van der Waals surface area contributed by atoms with E-state index in [2.05, 4.69) is 234 Å². The van der Waals surface area contributed by atoms with Crippen molar-refractivity contribution < 1.29 is 0 Å². The van der Waals surface area contributed by atoms with Gasteiger partial charge >= 0.3 is 0 Å². The third-order valence-electron chi connectivity index (χ3n) is 13.0. The van der Waals surface area contributed by atoms with E-state index in [1.54, 1.807) is 0 Å². The fraction of sp³-hybridized carbons (Fsp3) is 0.119. The van der Waals surface area contributed by atoms with Crippen LogP contribution in [0.1, 0.15) is 51.3 Å². The van der Waals surface area contributed by atoms with Gasteiger partial charge in [0.1, 0.15) is 0 Å². The lowest BCUT2D eigenvalue weighted by Gasteiger charge is -2.33. The third kappa shape index (κ3) is 6.04. The monoisotopic (exact) mass is 801 g/mol. The van der Waals surface area contributed by atoms with E-state index in [1.165, 1.54) is 97.8 Å². The van der Waals surface area contributed by atoms with Crippen LogP contribution in [-0.2, 0) is 10.8 Å². The van der Waals surface area contributed by atoms with E-state index < -0.39 is 0 Å². The minimum absolute atomic E-state index is 0.106. The summed E-state index contributed by atoms with van der Waals surface area (Å²) >= 11 is 1.89. The van der Waals surface area contributed by atoms with Crippen molar-refractivity contribution in [3.63, 3.8) is 0 Å². The molecule has 0 amide bonds. The molecular formula is C59H47NS. The Morgan fingerprint density at radius 3 is 1.82 bits per heavy atom. The van der Waals surface area contributed by atoms with Crippen molar-refractivity contribution in [2.24, 2.45) is 0 Å². The third-order valence-corrected chi connectivity index (χ3v) is 14.1. The van der Waals surface area contributed by atoms with E-state index in [4.69, 9.17) is 0 Å². The summed E-state index contributed by atoms with van der Waals surface area (Å²) < 4.78 is 2.58. The normalized spacial score (nSPS) is 13.1. The molecule has 294 valence electrons. The van der Waals surface area contributed by atoms with Gasteiger partial charge in [0, 0.05) is 42.6 Å². The van der Waals surface area contributed by atoms with Gasteiger partial charge in [-0.25, -0.2) is 0 Å². The fourth-order valence-electron chi connectivity index (χ4n) is 10.1. The van der Waals surface area contributed by atoms with Crippen LogP contribution in [0.2, 0.25) is 0 Å². The maximum atomic E-state index is 2.55. The first-order chi connectivity index (χ1) is 29.7. The van der Waals surface area contributed by atoms with E-state index in [0.717, 1.165) is 11.4 Å². The summed E-state index contributed by atoms with van der Waals surface area (Å²) in [4.78, 5) is 2.55. The molecule has 1 aliphatic rings. The number of para-hydroxylation sites is 1. The Bertz CT molecular complexity index is 3300. The maximum absolute atomic E-state index is 2.55. The highest BCUT2D eigenvalue weighted by atomic mass is 32.1. The first kappa shape index (κ1) is 37.3. The Hall–Kier alpha value is -6.74. The Labute approximate surface area is 363 Å². The van der Waals surface area contributed by atoms with Crippen LogP contribution in [0.15, 0.2) is 194 Å². The zero-order valence-corrected chi connectivity index (χ0v) is 36.1. The molecule has 2 heteroatoms. The van der Waals surface area contributed by atoms with Crippen molar-refractivity contribution >= 4 is 59.3 Å². The molecule has 1 heterocycles. The second-order valence-electron chi connectivity index (χ2n) is 18.1. The van der Waals surface area contributed by atoms with Crippen LogP contribution >= 0.6 is 11.3 Å². The predicted octanol–water partition coefficient (Wildman–Crippen LogP) is 17.3. The van der Waals surface area contributed by atoms with Gasteiger partial charge in [-0.3, -0.25) is 0 Å². The summed E-state index contributed by atoms with van der Waals surface area (Å²) in [5.41, 5.74) is 17.4. The summed E-state index contributed by atoms with van der Waals surface area (Å²) in [5.74, 6) is 0. The smallest absolute Gasteiger partial charge is 0.0498 e. The van der Waals surface area contributed by atoms with Crippen LogP contribution in [0, 0.1) is 0 Å². The zero-order chi connectivity index (χ0) is 41.5. The molecule has 0 N–H and O–H groups in total. The maximum Gasteiger partial charge on any atom is 0.0498 e. The molecule has 0 atom stereocenters. The molecular weight excluding hydrogens is 755 g/mol. The quantitative estimate of drug-likeness (QED) is 0.162. The summed E-state index contributed by atoms with van der Waals surface area (Å²) in [7, 11) is 0. The molecule has 61 heavy (non-hydrogen) atoms. The van der Waals surface area contributed by atoms with Gasteiger partial charge in [-0.2, -0.15) is 0 Å². The van der Waals surface area contributed by atoms with Gasteiger partial charge in [0.25, 0.3) is 0 Å². The van der Waals surface area contributed by atoms with Gasteiger partial charge in [0.05, 0.1) is 0 Å². The van der Waals surface area contributed by atoms with Gasteiger partial charge in [-0.15, -0.1) is 11.3 Å². The van der Waals surface area contributed by atoms with E-state index in [1.807, 2.05) is 11.3 Å². The molecule has 0 saturated heterocycles. The summed E-state index contributed by atoms with van der Waals surface area (Å²) in [5, 5.41) is 5.11. The second kappa shape index (κ2) is 14.2. The van der Waals surface area contributed by atoms with Crippen LogP contribution in [0.25, 0.3) is 75.5 Å². The number of hydrogen-bond donors (Lipinski definition) is 0. The van der Waals surface area contributed by atoms with E-state index in [0.29, 0.717) is 0 Å². The highest BCUT2D eigenvalue weighted by Crippen LogP contribution is 2.55. The molecule has 0 saturated carbocycles. The molecule has 9 aromatic carbocycles. The van der Waals surface area contributed by atoms with Crippen LogP contribution < -0.4 is 4.90 Å². The average Bonchev–Trinajstić information content (AvgIpc) is 3.77. The molecule has 0 radical (unpaired) electrons. The molecule has 0 spiro atoms. The molecule has 1 aliphatic carbocycles. The number of fused-ring (bicyclic) bond motifs is 7. The van der Waals surface area contributed by atoms with E-state index >= 15 is 0 Å². The number of hydrogen-bond acceptors (Lipinski definition) is 2. The lowest BCUT2D eigenvalue weighted by Crippen LogP contribution is -2.19. The van der Waals surface area contributed by atoms with Crippen molar-refractivity contribution in [1.29, 1.82) is 0 Å². The Kier molecular flexibility index (Phi) is 8.67. The minimum Gasteiger partial charge on any atom is -0.310 e. The molecule has 1 nitrogen and oxygen atoms in total. The topological polar surface area (TPSA) is 3.24 Å². The van der Waals surface area contributed by atoms with E-state index in [-0.39, 0.29) is 10.8 Å². The Balaban J connectivity index is 1.23. The number of rotatable bonds is 6. The minimum atomic E-state index is -0.143. The van der Waals surface area contributed by atoms with Gasteiger partial charge < -0.3 is 4.90 Å². The summed E-state index contributed by atoms with van der Waals surface area (Å²) in [6.45, 7) is 11.8. The van der Waals surface area contributed by atoms with Crippen LogP contribution in [0.3, 0.4) is 0 Å². The first-order valence-corrected chi connectivity index (χ1v) is 22.2. The van der Waals surface area contributed by atoms with Crippen molar-refractivity contribution in [1.82, 2.24) is 0 Å². The SMILES string of the molecule is CC(C)(C)c1ccccc1N(c1ccc2c(c1)-c1c(-c3ccccc3)cccc1C2(C)C)c1cc(-c2cccc3cccc(-c4ccccc4)c23)c2c(c1)sc1ccccc12. The van der Waals surface area contributed by atoms with Crippen LogP contribution in [0.4, 0.5) is 17.1 Å². The van der Waals surface area contributed by atoms with Crippen LogP contribution in [-0.4, -0.2) is 0 Å². The average molecular weight is 802 g/mol. The lowest BCUT2D eigenvalue weighted by atomic mass is 9.82. The Morgan fingerprint density at radius 2 is 1.07 bits per heavy atom. The van der Waals surface area contributed by atoms with Crippen molar-refractivity contribution in [3.8, 4) is 44.5 Å². The zero-order valence-electron chi connectivity index (χ0n) is 35.3. The highest BCUT2D eigenvalue weighted by molar-refractivity contribution is 7.26. The predicted molar refractivity (Wildman–Crippen MR) is 264 cm³/mol. The number of nitrogens with zero attached hydrogens (tertiary/aromatic N) is 1. The van der Waals surface area contributed by atoms with Gasteiger partial charge in [-0.1, -0.05) is 192 Å². The van der Waals surface area contributed by atoms with Gasteiger partial charge in [0.15, 0.2) is 0 Å². The molecule has 11 rings (SSSR count). The van der Waals surface area contributed by atoms with Gasteiger partial charge in [0.2, 0.25) is 0 Å². The molecule has 1 aromatic heterocycles. The Morgan fingerprint density at radius 1 is 0.443 bits per heavy atom. The molecule has 0 unspecified atom stereocenters. The van der Waals surface area contributed by atoms with Crippen molar-refractivity contribution in [2.75, 3.05) is 4.90 Å². The number of anilines is 3. The number of thiophene rings is 1. The fourth-order valence-corrected chi connectivity index (χ4v) is 11.3. The molecule has 0 bridgehead atoms. The second-order valence-corrected chi connectivity index (χ2v) is 19.2. The van der Waals surface area contributed by atoms with Gasteiger partial charge in [-0.05, 0) is 114 Å². The lowest BCUT2D eigenvalue weighted by molar-refractivity contribution is 0.591. The largest absolute Gasteiger partial charge is 0.310 e. The van der Waals surface area contributed by atoms with E-state index in [9.17, 15) is 0 Å². The summed E-state index contributed by atoms with van der Waals surface area (Å²) in [6.07, 6.45) is 0. The van der Waals surface area contributed by atoms with Crippen LogP contribution in [0.5, 0.6) is 0 Å². The standard InChI is InChI=1S/C59H47NS/c1-58(2,3)50-29-13-14-31-52(50)60(41-33-34-49-48(35-41)56-44(39-21-10-7-11-22-39)27-18-30-51(56)59(49,4)5)42-36-47(57-46-25-12-15-32-53(46)61-54(57)37-42)45-28-17-24-40-23-16-26-43(55(40)45)38-19-8-6-9-20-38/h6-37H,1-5H3. The van der Waals surface area contributed by atoms with Crippen molar-refractivity contribution in [2.45, 2.75) is 45.4 Å². The van der Waals surface area contributed by atoms with Crippen molar-refractivity contribution in [3.05, 3.63) is 211 Å².